The molecule has 0 atom stereocenters. The van der Waals surface area contributed by atoms with Crippen LogP contribution in [0, 0.1) is 23.0 Å². The van der Waals surface area contributed by atoms with E-state index in [0.29, 0.717) is 11.3 Å². The van der Waals surface area contributed by atoms with Crippen LogP contribution in [0.2, 0.25) is 0 Å². The molecule has 0 bridgehead atoms. The highest BCUT2D eigenvalue weighted by Crippen LogP contribution is 2.25. The summed E-state index contributed by atoms with van der Waals surface area (Å²) in [6.07, 6.45) is 0. The Kier molecular flexibility index (Phi) is 3.01. The number of nitriles is 1. The fourth-order valence-electron chi connectivity index (χ4n) is 1.28. The Morgan fingerprint density at radius 2 is 1.71 bits per heavy atom. The molecule has 2 rings (SSSR count). The van der Waals surface area contributed by atoms with Gasteiger partial charge in [-0.25, -0.2) is 8.78 Å². The van der Waals surface area contributed by atoms with Crippen LogP contribution in [0.5, 0.6) is 11.5 Å². The van der Waals surface area contributed by atoms with Gasteiger partial charge in [0.05, 0.1) is 11.6 Å². The monoisotopic (exact) mass is 231 g/mol. The van der Waals surface area contributed by atoms with Gasteiger partial charge in [-0.2, -0.15) is 5.26 Å². The molecule has 0 amide bonds. The third-order valence-electron chi connectivity index (χ3n) is 2.10. The molecular weight excluding hydrogens is 224 g/mol. The summed E-state index contributed by atoms with van der Waals surface area (Å²) >= 11 is 0. The highest BCUT2D eigenvalue weighted by molar-refractivity contribution is 5.37. The van der Waals surface area contributed by atoms with Gasteiger partial charge in [0.15, 0.2) is 11.6 Å². The second-order valence-electron chi connectivity index (χ2n) is 3.31. The van der Waals surface area contributed by atoms with E-state index in [2.05, 4.69) is 0 Å². The van der Waals surface area contributed by atoms with Crippen LogP contribution < -0.4 is 4.74 Å². The van der Waals surface area contributed by atoms with E-state index < -0.39 is 11.6 Å². The van der Waals surface area contributed by atoms with Crippen molar-refractivity contribution in [2.24, 2.45) is 0 Å². The maximum absolute atomic E-state index is 13.3. The molecule has 0 N–H and O–H groups in total. The molecule has 0 aromatic heterocycles. The van der Waals surface area contributed by atoms with Crippen LogP contribution in [0.4, 0.5) is 8.78 Å². The maximum Gasteiger partial charge on any atom is 0.165 e. The van der Waals surface area contributed by atoms with Crippen LogP contribution in [0.1, 0.15) is 5.56 Å². The van der Waals surface area contributed by atoms with E-state index in [1.165, 1.54) is 24.3 Å². The van der Waals surface area contributed by atoms with Crippen LogP contribution in [0.15, 0.2) is 42.5 Å². The highest BCUT2D eigenvalue weighted by Gasteiger charge is 2.06. The molecule has 17 heavy (non-hydrogen) atoms. The van der Waals surface area contributed by atoms with E-state index in [1.54, 1.807) is 0 Å². The fraction of sp³-hybridized carbons (Fsp3) is 0. The van der Waals surface area contributed by atoms with Crippen molar-refractivity contribution in [2.45, 2.75) is 0 Å². The van der Waals surface area contributed by atoms with Crippen LogP contribution in [0.3, 0.4) is 0 Å². The molecule has 0 saturated carbocycles. The number of rotatable bonds is 2. The van der Waals surface area contributed by atoms with Crippen molar-refractivity contribution in [3.8, 4) is 17.6 Å². The van der Waals surface area contributed by atoms with Gasteiger partial charge in [0.25, 0.3) is 0 Å². The number of benzene rings is 2. The van der Waals surface area contributed by atoms with Crippen molar-refractivity contribution < 1.29 is 13.5 Å². The van der Waals surface area contributed by atoms with Crippen molar-refractivity contribution in [3.05, 3.63) is 59.7 Å². The zero-order valence-electron chi connectivity index (χ0n) is 8.65. The largest absolute Gasteiger partial charge is 0.454 e. The highest BCUT2D eigenvalue weighted by atomic mass is 19.1. The predicted molar refractivity (Wildman–Crippen MR) is 57.6 cm³/mol. The fourth-order valence-corrected chi connectivity index (χ4v) is 1.28. The predicted octanol–water partition coefficient (Wildman–Crippen LogP) is 3.63. The van der Waals surface area contributed by atoms with E-state index in [-0.39, 0.29) is 5.75 Å². The Balaban J connectivity index is 2.25. The van der Waals surface area contributed by atoms with Crippen molar-refractivity contribution in [3.63, 3.8) is 0 Å². The van der Waals surface area contributed by atoms with E-state index in [0.717, 1.165) is 18.2 Å². The zero-order chi connectivity index (χ0) is 12.3. The molecule has 2 aromatic rings. The molecule has 0 unspecified atom stereocenters. The third kappa shape index (κ3) is 2.58. The number of hydrogen-bond acceptors (Lipinski definition) is 2. The lowest BCUT2D eigenvalue weighted by Crippen LogP contribution is -1.89. The summed E-state index contributed by atoms with van der Waals surface area (Å²) < 4.78 is 31.3. The SMILES string of the molecule is N#Cc1ccc(Oc2cc(F)ccc2F)cc1. The lowest BCUT2D eigenvalue weighted by atomic mass is 10.2. The average molecular weight is 231 g/mol. The summed E-state index contributed by atoms with van der Waals surface area (Å²) in [7, 11) is 0. The van der Waals surface area contributed by atoms with E-state index in [4.69, 9.17) is 10.00 Å². The van der Waals surface area contributed by atoms with Crippen molar-refractivity contribution in [1.82, 2.24) is 0 Å². The summed E-state index contributed by atoms with van der Waals surface area (Å²) in [4.78, 5) is 0. The first-order valence-corrected chi connectivity index (χ1v) is 4.82. The molecule has 2 aromatic carbocycles. The lowest BCUT2D eigenvalue weighted by molar-refractivity contribution is 0.436. The standard InChI is InChI=1S/C13H7F2NO/c14-10-3-6-12(15)13(7-10)17-11-4-1-9(8-16)2-5-11/h1-7H. The van der Waals surface area contributed by atoms with Crippen LogP contribution in [-0.2, 0) is 0 Å². The minimum Gasteiger partial charge on any atom is -0.454 e. The summed E-state index contributed by atoms with van der Waals surface area (Å²) in [5.74, 6) is -1.06. The van der Waals surface area contributed by atoms with Gasteiger partial charge in [-0.05, 0) is 36.4 Å². The van der Waals surface area contributed by atoms with Gasteiger partial charge in [0.1, 0.15) is 11.6 Å². The first-order valence-electron chi connectivity index (χ1n) is 4.82. The molecule has 0 heterocycles. The van der Waals surface area contributed by atoms with Crippen molar-refractivity contribution in [2.75, 3.05) is 0 Å². The van der Waals surface area contributed by atoms with Crippen molar-refractivity contribution >= 4 is 0 Å². The molecule has 0 radical (unpaired) electrons. The van der Waals surface area contributed by atoms with E-state index >= 15 is 0 Å². The molecule has 4 heteroatoms. The Morgan fingerprint density at radius 3 is 2.35 bits per heavy atom. The topological polar surface area (TPSA) is 33.0 Å². The van der Waals surface area contributed by atoms with E-state index in [1.807, 2.05) is 6.07 Å². The quantitative estimate of drug-likeness (QED) is 0.790. The van der Waals surface area contributed by atoms with Gasteiger partial charge >= 0.3 is 0 Å². The zero-order valence-corrected chi connectivity index (χ0v) is 8.65. The molecule has 2 nitrogen and oxygen atoms in total. The van der Waals surface area contributed by atoms with Crippen LogP contribution in [-0.4, -0.2) is 0 Å². The van der Waals surface area contributed by atoms with Gasteiger partial charge in [-0.1, -0.05) is 0 Å². The number of halogens is 2. The number of hydrogen-bond donors (Lipinski definition) is 0. The summed E-state index contributed by atoms with van der Waals surface area (Å²) in [5, 5.41) is 8.60. The minimum atomic E-state index is -0.643. The Morgan fingerprint density at radius 1 is 1.00 bits per heavy atom. The van der Waals surface area contributed by atoms with Gasteiger partial charge in [0, 0.05) is 6.07 Å². The van der Waals surface area contributed by atoms with Gasteiger partial charge in [-0.3, -0.25) is 0 Å². The molecule has 0 spiro atoms. The Labute approximate surface area is 96.7 Å². The molecule has 0 saturated heterocycles. The average Bonchev–Trinajstić information content (AvgIpc) is 2.35. The Bertz CT molecular complexity index is 573. The first-order chi connectivity index (χ1) is 8.19. The molecule has 0 aliphatic carbocycles. The summed E-state index contributed by atoms with van der Waals surface area (Å²) in [5.41, 5.74) is 0.470. The third-order valence-corrected chi connectivity index (χ3v) is 2.10. The molecular formula is C13H7F2NO. The second kappa shape index (κ2) is 4.62. The molecule has 0 aliphatic heterocycles. The number of nitrogens with zero attached hydrogens (tertiary/aromatic N) is 1. The molecule has 0 aliphatic rings. The second-order valence-corrected chi connectivity index (χ2v) is 3.31. The smallest absolute Gasteiger partial charge is 0.165 e. The van der Waals surface area contributed by atoms with Crippen LogP contribution in [0.25, 0.3) is 0 Å². The lowest BCUT2D eigenvalue weighted by Gasteiger charge is -2.06. The molecule has 0 fully saturated rings. The van der Waals surface area contributed by atoms with Crippen LogP contribution >= 0.6 is 0 Å². The van der Waals surface area contributed by atoms with Gasteiger partial charge < -0.3 is 4.74 Å². The summed E-state index contributed by atoms with van der Waals surface area (Å²) in [6, 6.07) is 11.0. The van der Waals surface area contributed by atoms with Crippen molar-refractivity contribution in [1.29, 1.82) is 5.26 Å². The maximum atomic E-state index is 13.3. The van der Waals surface area contributed by atoms with E-state index in [9.17, 15) is 8.78 Å². The van der Waals surface area contributed by atoms with Gasteiger partial charge in [0.2, 0.25) is 0 Å². The molecule has 84 valence electrons. The minimum absolute atomic E-state index is 0.185. The Hall–Kier alpha value is -2.41. The summed E-state index contributed by atoms with van der Waals surface area (Å²) in [6.45, 7) is 0. The first kappa shape index (κ1) is 11.1. The number of ether oxygens (including phenoxy) is 1. The normalized spacial score (nSPS) is 9.71. The van der Waals surface area contributed by atoms with Gasteiger partial charge in [-0.15, -0.1) is 0 Å².